The van der Waals surface area contributed by atoms with Crippen molar-refractivity contribution in [2.24, 2.45) is 0 Å². The lowest BCUT2D eigenvalue weighted by Crippen LogP contribution is -2.39. The molecule has 0 aromatic carbocycles. The smallest absolute Gasteiger partial charge is 0.259 e. The molecule has 0 aliphatic heterocycles. The number of carbonyl (C=O) groups excluding carboxylic acids is 1. The molecule has 100 valence electrons. The van der Waals surface area contributed by atoms with Gasteiger partial charge in [0.2, 0.25) is 0 Å². The monoisotopic (exact) mass is 251 g/mol. The number of carbonyl (C=O) groups is 1. The van der Waals surface area contributed by atoms with Gasteiger partial charge in [-0.15, -0.1) is 0 Å². The van der Waals surface area contributed by atoms with Gasteiger partial charge >= 0.3 is 0 Å². The Kier molecular flexibility index (Phi) is 5.58. The minimum Gasteiger partial charge on any atom is -0.367 e. The molecule has 0 radical (unpaired) electrons. The Balaban J connectivity index is 2.82. The quantitative estimate of drug-likeness (QED) is 0.813. The molecule has 0 aliphatic rings. The lowest BCUT2D eigenvalue weighted by molar-refractivity contribution is 0.0743. The number of hydrogen-bond acceptors (Lipinski definition) is 3. The van der Waals surface area contributed by atoms with Crippen LogP contribution in [0.15, 0.2) is 23.3 Å². The Morgan fingerprint density at radius 2 is 2.00 bits per heavy atom. The molecular formula is C13H21N3O2. The van der Waals surface area contributed by atoms with E-state index in [1.165, 1.54) is 18.5 Å². The summed E-state index contributed by atoms with van der Waals surface area (Å²) in [4.78, 5) is 30.4. The Bertz CT molecular complexity index is 440. The molecule has 1 amide bonds. The average Bonchev–Trinajstić information content (AvgIpc) is 2.34. The number of rotatable bonds is 6. The van der Waals surface area contributed by atoms with Crippen LogP contribution in [0.1, 0.15) is 23.7 Å². The van der Waals surface area contributed by atoms with Crippen molar-refractivity contribution in [2.45, 2.75) is 13.3 Å². The van der Waals surface area contributed by atoms with Crippen LogP contribution in [0.3, 0.4) is 0 Å². The van der Waals surface area contributed by atoms with Crippen molar-refractivity contribution in [3.63, 3.8) is 0 Å². The van der Waals surface area contributed by atoms with Gasteiger partial charge in [0.05, 0.1) is 0 Å². The molecule has 1 aromatic rings. The molecule has 1 aromatic heterocycles. The average molecular weight is 251 g/mol. The van der Waals surface area contributed by atoms with Crippen LogP contribution in [0.4, 0.5) is 0 Å². The maximum atomic E-state index is 12.3. The van der Waals surface area contributed by atoms with E-state index in [1.54, 1.807) is 4.90 Å². The number of nitrogens with one attached hydrogen (secondary N) is 1. The second-order valence-electron chi connectivity index (χ2n) is 4.52. The molecule has 5 heteroatoms. The van der Waals surface area contributed by atoms with Gasteiger partial charge in [-0.05, 0) is 20.5 Å². The minimum atomic E-state index is -0.232. The molecule has 1 rings (SSSR count). The molecule has 18 heavy (non-hydrogen) atoms. The van der Waals surface area contributed by atoms with Crippen LogP contribution in [-0.4, -0.2) is 54.4 Å². The molecule has 5 nitrogen and oxygen atoms in total. The molecular weight excluding hydrogens is 230 g/mol. The maximum Gasteiger partial charge on any atom is 0.259 e. The Morgan fingerprint density at radius 3 is 2.56 bits per heavy atom. The van der Waals surface area contributed by atoms with Crippen molar-refractivity contribution < 1.29 is 4.79 Å². The van der Waals surface area contributed by atoms with E-state index in [0.29, 0.717) is 13.1 Å². The molecule has 0 saturated heterocycles. The second-order valence-corrected chi connectivity index (χ2v) is 4.52. The van der Waals surface area contributed by atoms with E-state index in [2.05, 4.69) is 4.98 Å². The summed E-state index contributed by atoms with van der Waals surface area (Å²) in [6.07, 6.45) is 3.88. The number of likely N-dealkylation sites (N-methyl/N-ethyl adjacent to an activating group) is 1. The third-order valence-corrected chi connectivity index (χ3v) is 2.65. The Hall–Kier alpha value is -1.62. The van der Waals surface area contributed by atoms with Crippen LogP contribution in [0.5, 0.6) is 0 Å². The van der Waals surface area contributed by atoms with E-state index >= 15 is 0 Å². The van der Waals surface area contributed by atoms with Crippen molar-refractivity contribution in [1.82, 2.24) is 14.8 Å². The molecule has 0 atom stereocenters. The number of hydrogen-bond donors (Lipinski definition) is 1. The summed E-state index contributed by atoms with van der Waals surface area (Å²) in [5.41, 5.74) is -0.0191. The number of aromatic amines is 1. The minimum absolute atomic E-state index is 0.194. The predicted molar refractivity (Wildman–Crippen MR) is 71.8 cm³/mol. The Labute approximate surface area is 107 Å². The topological polar surface area (TPSA) is 56.4 Å². The highest BCUT2D eigenvalue weighted by Crippen LogP contribution is 2.00. The summed E-state index contributed by atoms with van der Waals surface area (Å²) in [6, 6.07) is 1.38. The fourth-order valence-corrected chi connectivity index (χ4v) is 1.66. The van der Waals surface area contributed by atoms with Crippen molar-refractivity contribution in [3.05, 3.63) is 34.2 Å². The van der Waals surface area contributed by atoms with Crippen LogP contribution in [0, 0.1) is 0 Å². The highest BCUT2D eigenvalue weighted by molar-refractivity contribution is 5.93. The van der Waals surface area contributed by atoms with Crippen LogP contribution in [0.25, 0.3) is 0 Å². The van der Waals surface area contributed by atoms with E-state index in [-0.39, 0.29) is 16.9 Å². The van der Waals surface area contributed by atoms with Crippen LogP contribution in [-0.2, 0) is 0 Å². The number of nitrogens with zero attached hydrogens (tertiary/aromatic N) is 2. The summed E-state index contributed by atoms with van der Waals surface area (Å²) in [5, 5.41) is 0. The van der Waals surface area contributed by atoms with E-state index in [4.69, 9.17) is 0 Å². The van der Waals surface area contributed by atoms with Gasteiger partial charge in [0, 0.05) is 38.1 Å². The highest BCUT2D eigenvalue weighted by atomic mass is 16.2. The Morgan fingerprint density at radius 1 is 1.28 bits per heavy atom. The SMILES string of the molecule is CCCN(CCN(C)C)C(=O)c1c[nH]ccc1=O. The van der Waals surface area contributed by atoms with Gasteiger partial charge in [-0.2, -0.15) is 0 Å². The maximum absolute atomic E-state index is 12.3. The summed E-state index contributed by atoms with van der Waals surface area (Å²) < 4.78 is 0. The van der Waals surface area contributed by atoms with Gasteiger partial charge < -0.3 is 14.8 Å². The summed E-state index contributed by atoms with van der Waals surface area (Å²) in [7, 11) is 3.92. The van der Waals surface area contributed by atoms with Gasteiger partial charge in [0.15, 0.2) is 5.43 Å². The molecule has 0 unspecified atom stereocenters. The highest BCUT2D eigenvalue weighted by Gasteiger charge is 2.17. The molecule has 1 heterocycles. The fraction of sp³-hybridized carbons (Fsp3) is 0.538. The third kappa shape index (κ3) is 4.00. The summed E-state index contributed by atoms with van der Waals surface area (Å²) in [5.74, 6) is -0.194. The van der Waals surface area contributed by atoms with Crippen molar-refractivity contribution in [2.75, 3.05) is 33.7 Å². The zero-order valence-corrected chi connectivity index (χ0v) is 11.3. The van der Waals surface area contributed by atoms with E-state index < -0.39 is 0 Å². The van der Waals surface area contributed by atoms with E-state index in [9.17, 15) is 9.59 Å². The first kappa shape index (κ1) is 14.4. The molecule has 0 fully saturated rings. The lowest BCUT2D eigenvalue weighted by Gasteiger charge is -2.23. The van der Waals surface area contributed by atoms with Crippen LogP contribution in [0.2, 0.25) is 0 Å². The third-order valence-electron chi connectivity index (χ3n) is 2.65. The van der Waals surface area contributed by atoms with Gasteiger partial charge in [-0.25, -0.2) is 0 Å². The van der Waals surface area contributed by atoms with E-state index in [1.807, 2.05) is 25.9 Å². The first-order valence-corrected chi connectivity index (χ1v) is 6.17. The van der Waals surface area contributed by atoms with Crippen molar-refractivity contribution >= 4 is 5.91 Å². The van der Waals surface area contributed by atoms with Gasteiger partial charge in [0.1, 0.15) is 5.56 Å². The standard InChI is InChI=1S/C13H21N3O2/c1-4-7-16(9-8-15(2)3)13(18)11-10-14-6-5-12(11)17/h5-6,10H,4,7-9H2,1-3H3,(H,14,17). The first-order chi connectivity index (χ1) is 8.56. The zero-order chi connectivity index (χ0) is 13.5. The van der Waals surface area contributed by atoms with E-state index in [0.717, 1.165) is 13.0 Å². The summed E-state index contributed by atoms with van der Waals surface area (Å²) >= 11 is 0. The lowest BCUT2D eigenvalue weighted by atomic mass is 10.2. The number of aromatic nitrogens is 1. The van der Waals surface area contributed by atoms with Crippen LogP contribution < -0.4 is 5.43 Å². The zero-order valence-electron chi connectivity index (χ0n) is 11.3. The van der Waals surface area contributed by atoms with Gasteiger partial charge in [0.25, 0.3) is 5.91 Å². The van der Waals surface area contributed by atoms with Gasteiger partial charge in [-0.1, -0.05) is 6.92 Å². The largest absolute Gasteiger partial charge is 0.367 e. The second kappa shape index (κ2) is 6.96. The molecule has 0 aliphatic carbocycles. The number of amides is 1. The molecule has 0 saturated carbocycles. The van der Waals surface area contributed by atoms with Crippen molar-refractivity contribution in [3.8, 4) is 0 Å². The number of H-pyrrole nitrogens is 1. The first-order valence-electron chi connectivity index (χ1n) is 6.17. The predicted octanol–water partition coefficient (Wildman–Crippen LogP) is 0.789. The summed E-state index contributed by atoms with van der Waals surface area (Å²) in [6.45, 7) is 4.11. The molecule has 0 spiro atoms. The molecule has 1 N–H and O–H groups in total. The number of pyridine rings is 1. The molecule has 0 bridgehead atoms. The van der Waals surface area contributed by atoms with Crippen LogP contribution >= 0.6 is 0 Å². The van der Waals surface area contributed by atoms with Gasteiger partial charge in [-0.3, -0.25) is 9.59 Å². The normalized spacial score (nSPS) is 10.7. The fourth-order valence-electron chi connectivity index (χ4n) is 1.66. The van der Waals surface area contributed by atoms with Crippen molar-refractivity contribution in [1.29, 1.82) is 0 Å².